The predicted octanol–water partition coefficient (Wildman–Crippen LogP) is 11.0. The Balaban J connectivity index is 0.685. The Morgan fingerprint density at radius 3 is 2.42 bits per heavy atom. The van der Waals surface area contributed by atoms with E-state index in [1.165, 1.54) is 29.9 Å². The van der Waals surface area contributed by atoms with Crippen LogP contribution < -0.4 is 25.2 Å². The molecule has 1 aliphatic carbocycles. The number of piperazine rings is 1. The SMILES string of the molecule is Cc1c(OC2CCC(C[C@H](C)CCN3CCN(c4ccc5c(C6CCC(=O)NC6=O)nn(C)c5c4)CC3)CC2)cccc1-c1ccc(N2CCc3cccc(C(=O)Nc4nc5ccccc5s4)c3C2)nc1C(=O)OC(C)(C)C. The first-order chi connectivity index (χ1) is 37.6. The number of pyridine rings is 1. The molecule has 1 saturated carbocycles. The van der Waals surface area contributed by atoms with Crippen molar-refractivity contribution in [3.8, 4) is 16.9 Å². The van der Waals surface area contributed by atoms with Crippen molar-refractivity contribution in [2.24, 2.45) is 18.9 Å². The fourth-order valence-electron chi connectivity index (χ4n) is 12.1. The highest BCUT2D eigenvalue weighted by Gasteiger charge is 2.33. The lowest BCUT2D eigenvalue weighted by Gasteiger charge is -2.37. The van der Waals surface area contributed by atoms with E-state index < -0.39 is 17.5 Å². The summed E-state index contributed by atoms with van der Waals surface area (Å²) in [5.41, 5.74) is 8.46. The third-order valence-electron chi connectivity index (χ3n) is 16.3. The van der Waals surface area contributed by atoms with E-state index in [1.54, 1.807) is 0 Å². The molecule has 11 rings (SSSR count). The summed E-state index contributed by atoms with van der Waals surface area (Å²) in [5.74, 6) is 1.22. The molecular formula is C62H71N9O6S. The van der Waals surface area contributed by atoms with Gasteiger partial charge < -0.3 is 19.3 Å². The maximum absolute atomic E-state index is 14.2. The number of thiazole rings is 1. The Bertz CT molecular complexity index is 3370. The number of aryl methyl sites for hydroxylation is 1. The van der Waals surface area contributed by atoms with E-state index >= 15 is 0 Å². The van der Waals surface area contributed by atoms with Crippen LogP contribution in [0.3, 0.4) is 0 Å². The number of carbonyl (C=O) groups is 4. The topological polar surface area (TPSA) is 164 Å². The first kappa shape index (κ1) is 52.9. The second-order valence-electron chi connectivity index (χ2n) is 23.0. The van der Waals surface area contributed by atoms with Crippen LogP contribution in [0.2, 0.25) is 0 Å². The van der Waals surface area contributed by atoms with Gasteiger partial charge in [0, 0.05) is 74.9 Å². The molecule has 3 aliphatic heterocycles. The number of aromatic nitrogens is 4. The number of amides is 3. The number of imide groups is 1. The standard InChI is InChI=1S/C62H71N9O6S/c1-38(27-29-69-31-33-70(34-32-69)42-19-22-47-51(36-42)68(6)67-56(47)48-24-26-55(72)65-59(48)74)35-40-17-20-43(21-18-40)76-52-15-10-12-44(39(52)2)45-23-25-54(64-57(45)60(75)77-62(3,4)5)71-30-28-41-11-9-13-46(49(41)37-71)58(73)66-61-63-50-14-7-8-16-53(50)78-61/h7-16,19,22-23,25,36,38,40,43,48H,17-18,20-21,24,26-35,37H2,1-6H3,(H,63,66,73)(H,65,72,74)/t38-,40?,43?,48?/m1/s1. The van der Waals surface area contributed by atoms with Gasteiger partial charge in [-0.15, -0.1) is 0 Å². The average Bonchev–Trinajstić information content (AvgIpc) is 4.12. The molecule has 4 aliphatic rings. The van der Waals surface area contributed by atoms with Crippen LogP contribution in [0.5, 0.6) is 5.75 Å². The van der Waals surface area contributed by atoms with Crippen molar-refractivity contribution >= 4 is 72.8 Å². The van der Waals surface area contributed by atoms with Crippen molar-refractivity contribution in [2.45, 2.75) is 117 Å². The molecule has 16 heteroatoms. The molecule has 6 heterocycles. The summed E-state index contributed by atoms with van der Waals surface area (Å²) in [5, 5.41) is 11.8. The zero-order chi connectivity index (χ0) is 54.2. The molecule has 78 heavy (non-hydrogen) atoms. The highest BCUT2D eigenvalue weighted by atomic mass is 32.1. The van der Waals surface area contributed by atoms with Crippen LogP contribution in [-0.2, 0) is 34.3 Å². The molecule has 0 radical (unpaired) electrons. The molecule has 2 N–H and O–H groups in total. The van der Waals surface area contributed by atoms with Gasteiger partial charge in [-0.2, -0.15) is 5.10 Å². The number of fused-ring (bicyclic) bond motifs is 3. The van der Waals surface area contributed by atoms with Crippen LogP contribution in [0, 0.1) is 18.8 Å². The van der Waals surface area contributed by atoms with Crippen molar-refractivity contribution in [2.75, 3.05) is 54.4 Å². The second-order valence-corrected chi connectivity index (χ2v) is 24.0. The molecule has 3 amide bonds. The minimum Gasteiger partial charge on any atom is -0.490 e. The van der Waals surface area contributed by atoms with E-state index in [2.05, 4.69) is 68.4 Å². The number of piperidine rings is 1. The highest BCUT2D eigenvalue weighted by molar-refractivity contribution is 7.22. The van der Waals surface area contributed by atoms with Gasteiger partial charge in [0.1, 0.15) is 17.2 Å². The van der Waals surface area contributed by atoms with E-state index in [1.807, 2.05) is 99.2 Å². The monoisotopic (exact) mass is 1070 g/mol. The van der Waals surface area contributed by atoms with Gasteiger partial charge >= 0.3 is 5.97 Å². The van der Waals surface area contributed by atoms with Crippen molar-refractivity contribution in [1.29, 1.82) is 0 Å². The van der Waals surface area contributed by atoms with Crippen molar-refractivity contribution < 1.29 is 28.7 Å². The number of ether oxygens (including phenoxy) is 2. The molecule has 1 unspecified atom stereocenters. The lowest BCUT2D eigenvalue weighted by atomic mass is 9.81. The first-order valence-corrected chi connectivity index (χ1v) is 28.7. The molecule has 3 aromatic heterocycles. The summed E-state index contributed by atoms with van der Waals surface area (Å²) in [4.78, 5) is 69.3. The Labute approximate surface area is 460 Å². The third-order valence-corrected chi connectivity index (χ3v) is 17.3. The number of nitrogens with zero attached hydrogens (tertiary/aromatic N) is 7. The van der Waals surface area contributed by atoms with E-state index in [4.69, 9.17) is 19.6 Å². The number of benzene rings is 4. The number of anilines is 3. The van der Waals surface area contributed by atoms with Gasteiger partial charge in [-0.1, -0.05) is 54.7 Å². The summed E-state index contributed by atoms with van der Waals surface area (Å²) in [6.45, 7) is 16.3. The van der Waals surface area contributed by atoms with E-state index in [0.717, 1.165) is 120 Å². The zero-order valence-electron chi connectivity index (χ0n) is 45.8. The minimum atomic E-state index is -0.732. The Morgan fingerprint density at radius 2 is 1.64 bits per heavy atom. The fourth-order valence-corrected chi connectivity index (χ4v) is 13.0. The average molecular weight is 1070 g/mol. The molecular weight excluding hydrogens is 999 g/mol. The van der Waals surface area contributed by atoms with Crippen LogP contribution in [0.1, 0.15) is 128 Å². The molecule has 406 valence electrons. The quantitative estimate of drug-likeness (QED) is 0.0784. The van der Waals surface area contributed by atoms with E-state index in [-0.39, 0.29) is 29.5 Å². The fraction of sp³-hybridized carbons (Fsp3) is 0.435. The highest BCUT2D eigenvalue weighted by Crippen LogP contribution is 2.39. The second kappa shape index (κ2) is 22.3. The molecule has 4 aromatic carbocycles. The smallest absolute Gasteiger partial charge is 0.358 e. The van der Waals surface area contributed by atoms with Crippen LogP contribution >= 0.6 is 11.3 Å². The Morgan fingerprint density at radius 1 is 0.846 bits per heavy atom. The third kappa shape index (κ3) is 11.5. The minimum absolute atomic E-state index is 0.119. The first-order valence-electron chi connectivity index (χ1n) is 27.9. The Kier molecular flexibility index (Phi) is 15.1. The summed E-state index contributed by atoms with van der Waals surface area (Å²) in [7, 11) is 1.93. The lowest BCUT2D eigenvalue weighted by Crippen LogP contribution is -2.46. The van der Waals surface area contributed by atoms with Gasteiger partial charge in [-0.05, 0) is 174 Å². The van der Waals surface area contributed by atoms with Crippen molar-refractivity contribution in [3.63, 3.8) is 0 Å². The Hall–Kier alpha value is -7.17. The maximum atomic E-state index is 14.2. The zero-order valence-corrected chi connectivity index (χ0v) is 46.6. The summed E-state index contributed by atoms with van der Waals surface area (Å²) in [6, 6.07) is 30.2. The number of hydrogen-bond donors (Lipinski definition) is 2. The molecule has 2 saturated heterocycles. The molecule has 7 aromatic rings. The number of rotatable bonds is 14. The van der Waals surface area contributed by atoms with Crippen LogP contribution in [0.4, 0.5) is 16.6 Å². The number of hydrogen-bond acceptors (Lipinski definition) is 13. The van der Waals surface area contributed by atoms with Gasteiger partial charge in [0.2, 0.25) is 11.8 Å². The molecule has 3 fully saturated rings. The number of nitrogens with one attached hydrogen (secondary N) is 2. The van der Waals surface area contributed by atoms with Crippen LogP contribution in [0.15, 0.2) is 91.0 Å². The van der Waals surface area contributed by atoms with Gasteiger partial charge in [0.15, 0.2) is 10.8 Å². The predicted molar refractivity (Wildman–Crippen MR) is 308 cm³/mol. The summed E-state index contributed by atoms with van der Waals surface area (Å²) < 4.78 is 15.7. The number of esters is 1. The van der Waals surface area contributed by atoms with Gasteiger partial charge in [0.25, 0.3) is 5.91 Å². The van der Waals surface area contributed by atoms with Gasteiger partial charge in [0.05, 0.1) is 33.4 Å². The number of carbonyl (C=O) groups excluding carboxylic acids is 4. The molecule has 0 bridgehead atoms. The molecule has 0 spiro atoms. The normalized spacial score (nSPS) is 19.6. The molecule has 15 nitrogen and oxygen atoms in total. The maximum Gasteiger partial charge on any atom is 0.358 e. The largest absolute Gasteiger partial charge is 0.490 e. The van der Waals surface area contributed by atoms with Crippen molar-refractivity contribution in [1.82, 2.24) is 30.0 Å². The van der Waals surface area contributed by atoms with E-state index in [9.17, 15) is 19.2 Å². The lowest BCUT2D eigenvalue weighted by molar-refractivity contribution is -0.134. The summed E-state index contributed by atoms with van der Waals surface area (Å²) in [6.07, 6.45) is 8.39. The summed E-state index contributed by atoms with van der Waals surface area (Å²) >= 11 is 1.45. The van der Waals surface area contributed by atoms with Crippen LogP contribution in [-0.4, -0.2) is 99.3 Å². The number of para-hydroxylation sites is 1. The van der Waals surface area contributed by atoms with Crippen LogP contribution in [0.25, 0.3) is 32.2 Å². The van der Waals surface area contributed by atoms with Gasteiger partial charge in [-0.25, -0.2) is 14.8 Å². The van der Waals surface area contributed by atoms with Gasteiger partial charge in [-0.3, -0.25) is 34.6 Å². The van der Waals surface area contributed by atoms with E-state index in [0.29, 0.717) is 59.8 Å². The van der Waals surface area contributed by atoms with Crippen molar-refractivity contribution in [3.05, 3.63) is 125 Å². The molecule has 2 atom stereocenters.